The van der Waals surface area contributed by atoms with Crippen LogP contribution in [-0.2, 0) is 6.54 Å². The van der Waals surface area contributed by atoms with Crippen molar-refractivity contribution in [3.05, 3.63) is 56.9 Å². The molecule has 1 saturated carbocycles. The molecule has 2 unspecified atom stereocenters. The minimum Gasteiger partial charge on any atom is -0.394 e. The average Bonchev–Trinajstić information content (AvgIpc) is 3.27. The van der Waals surface area contributed by atoms with Crippen LogP contribution in [0.2, 0.25) is 0 Å². The maximum absolute atomic E-state index is 12.0. The molecule has 6 heteroatoms. The number of aliphatic hydroxyl groups is 1. The number of hydrogen-bond acceptors (Lipinski definition) is 4. The summed E-state index contributed by atoms with van der Waals surface area (Å²) >= 11 is 3.32. The van der Waals surface area contributed by atoms with E-state index in [1.165, 1.54) is 10.2 Å². The number of aliphatic hydroxyl groups excluding tert-OH is 1. The van der Waals surface area contributed by atoms with E-state index < -0.39 is 0 Å². The lowest BCUT2D eigenvalue weighted by Gasteiger charge is -2.10. The number of halogens is 1. The molecular formula is C15H16BrN3O2. The van der Waals surface area contributed by atoms with Crippen LogP contribution in [0.1, 0.15) is 17.9 Å². The van der Waals surface area contributed by atoms with Crippen molar-refractivity contribution in [2.24, 2.45) is 0 Å². The Morgan fingerprint density at radius 3 is 2.86 bits per heavy atom. The van der Waals surface area contributed by atoms with E-state index in [0.717, 1.165) is 6.42 Å². The molecule has 2 aromatic rings. The third-order valence-electron chi connectivity index (χ3n) is 3.66. The van der Waals surface area contributed by atoms with E-state index in [2.05, 4.69) is 38.5 Å². The van der Waals surface area contributed by atoms with Gasteiger partial charge in [-0.25, -0.2) is 4.68 Å². The Balaban J connectivity index is 1.73. The molecular weight excluding hydrogens is 334 g/mol. The minimum absolute atomic E-state index is 0.106. The zero-order valence-electron chi connectivity index (χ0n) is 11.4. The molecule has 21 heavy (non-hydrogen) atoms. The number of nitrogens with one attached hydrogen (secondary N) is 1. The Hall–Kier alpha value is -1.66. The van der Waals surface area contributed by atoms with Crippen LogP contribution >= 0.6 is 15.9 Å². The predicted molar refractivity (Wildman–Crippen MR) is 84.5 cm³/mol. The van der Waals surface area contributed by atoms with E-state index in [1.54, 1.807) is 6.20 Å². The monoisotopic (exact) mass is 349 g/mol. The molecule has 2 N–H and O–H groups in total. The van der Waals surface area contributed by atoms with Crippen LogP contribution in [-0.4, -0.2) is 27.5 Å². The van der Waals surface area contributed by atoms with Crippen molar-refractivity contribution >= 4 is 21.6 Å². The van der Waals surface area contributed by atoms with E-state index in [4.69, 9.17) is 5.11 Å². The first-order valence-corrected chi connectivity index (χ1v) is 7.68. The molecule has 1 fully saturated rings. The van der Waals surface area contributed by atoms with E-state index in [-0.39, 0.29) is 18.7 Å². The lowest BCUT2D eigenvalue weighted by molar-refractivity contribution is 0.266. The van der Waals surface area contributed by atoms with Gasteiger partial charge in [-0.05, 0) is 27.9 Å². The molecule has 0 amide bonds. The summed E-state index contributed by atoms with van der Waals surface area (Å²) in [5, 5.41) is 16.3. The van der Waals surface area contributed by atoms with Crippen LogP contribution in [0.5, 0.6) is 0 Å². The second-order valence-corrected chi connectivity index (χ2v) is 5.92. The van der Waals surface area contributed by atoms with Gasteiger partial charge in [0.1, 0.15) is 4.47 Å². The summed E-state index contributed by atoms with van der Waals surface area (Å²) in [7, 11) is 0. The summed E-state index contributed by atoms with van der Waals surface area (Å²) in [6.45, 7) is 0.0958. The van der Waals surface area contributed by atoms with Gasteiger partial charge in [0.2, 0.25) is 0 Å². The fraction of sp³-hybridized carbons (Fsp3) is 0.333. The zero-order valence-corrected chi connectivity index (χ0v) is 13.0. The summed E-state index contributed by atoms with van der Waals surface area (Å²) in [6.07, 6.45) is 2.68. The number of anilines is 1. The van der Waals surface area contributed by atoms with Crippen LogP contribution in [0.3, 0.4) is 0 Å². The van der Waals surface area contributed by atoms with Crippen molar-refractivity contribution in [3.63, 3.8) is 0 Å². The van der Waals surface area contributed by atoms with Crippen LogP contribution < -0.4 is 10.9 Å². The highest BCUT2D eigenvalue weighted by Crippen LogP contribution is 2.43. The highest BCUT2D eigenvalue weighted by Gasteiger charge is 2.38. The quantitative estimate of drug-likeness (QED) is 0.865. The third-order valence-corrected chi connectivity index (χ3v) is 4.42. The third kappa shape index (κ3) is 3.01. The first-order chi connectivity index (χ1) is 10.2. The lowest BCUT2D eigenvalue weighted by atomic mass is 10.1. The van der Waals surface area contributed by atoms with E-state index in [9.17, 15) is 4.79 Å². The first kappa shape index (κ1) is 14.3. The van der Waals surface area contributed by atoms with Gasteiger partial charge in [-0.1, -0.05) is 30.3 Å². The topological polar surface area (TPSA) is 67.2 Å². The molecule has 0 spiro atoms. The molecule has 1 aromatic carbocycles. The van der Waals surface area contributed by atoms with E-state index in [1.807, 2.05) is 18.2 Å². The smallest absolute Gasteiger partial charge is 0.283 e. The van der Waals surface area contributed by atoms with Gasteiger partial charge in [-0.15, -0.1) is 0 Å². The van der Waals surface area contributed by atoms with Crippen molar-refractivity contribution in [2.45, 2.75) is 24.9 Å². The van der Waals surface area contributed by atoms with Crippen LogP contribution in [0.15, 0.2) is 45.8 Å². The lowest BCUT2D eigenvalue weighted by Crippen LogP contribution is -2.26. The normalized spacial score (nSPS) is 20.3. The van der Waals surface area contributed by atoms with Crippen molar-refractivity contribution in [2.75, 3.05) is 11.9 Å². The molecule has 1 aromatic heterocycles. The van der Waals surface area contributed by atoms with Crippen molar-refractivity contribution in [3.8, 4) is 0 Å². The molecule has 1 aliphatic carbocycles. The van der Waals surface area contributed by atoms with Gasteiger partial charge in [0, 0.05) is 12.0 Å². The number of aromatic nitrogens is 2. The zero-order chi connectivity index (χ0) is 14.8. The number of nitrogens with zero attached hydrogens (tertiary/aromatic N) is 2. The standard InChI is InChI=1S/C15H16BrN3O2/c16-14-13(9-17-19(6-7-20)15(14)21)18-12-8-11(12)10-4-2-1-3-5-10/h1-5,9,11-12,18,20H,6-8H2. The molecule has 0 saturated heterocycles. The van der Waals surface area contributed by atoms with Gasteiger partial charge >= 0.3 is 0 Å². The fourth-order valence-electron chi connectivity index (χ4n) is 2.44. The minimum atomic E-state index is -0.231. The van der Waals surface area contributed by atoms with E-state index in [0.29, 0.717) is 22.1 Å². The molecule has 0 radical (unpaired) electrons. The summed E-state index contributed by atoms with van der Waals surface area (Å²) < 4.78 is 1.71. The van der Waals surface area contributed by atoms with Gasteiger partial charge in [0.15, 0.2) is 0 Å². The second kappa shape index (κ2) is 5.99. The van der Waals surface area contributed by atoms with Crippen molar-refractivity contribution in [1.29, 1.82) is 0 Å². The Bertz CT molecular complexity index is 687. The van der Waals surface area contributed by atoms with Crippen LogP contribution in [0.4, 0.5) is 5.69 Å². The molecule has 5 nitrogen and oxygen atoms in total. The molecule has 3 rings (SSSR count). The summed E-state index contributed by atoms with van der Waals surface area (Å²) in [4.78, 5) is 12.0. The number of rotatable bonds is 5. The Kier molecular flexibility index (Phi) is 4.07. The molecule has 1 aliphatic rings. The van der Waals surface area contributed by atoms with E-state index >= 15 is 0 Å². The predicted octanol–water partition coefficient (Wildman–Crippen LogP) is 1.97. The molecule has 110 valence electrons. The Morgan fingerprint density at radius 1 is 1.38 bits per heavy atom. The Morgan fingerprint density at radius 2 is 2.14 bits per heavy atom. The van der Waals surface area contributed by atoms with Gasteiger partial charge in [-0.3, -0.25) is 4.79 Å². The molecule has 0 bridgehead atoms. The van der Waals surface area contributed by atoms with Crippen molar-refractivity contribution < 1.29 is 5.11 Å². The number of hydrogen-bond donors (Lipinski definition) is 2. The fourth-order valence-corrected chi connectivity index (χ4v) is 2.86. The highest BCUT2D eigenvalue weighted by atomic mass is 79.9. The summed E-state index contributed by atoms with van der Waals surface area (Å²) in [6, 6.07) is 10.7. The van der Waals surface area contributed by atoms with Gasteiger partial charge in [-0.2, -0.15) is 5.10 Å². The van der Waals surface area contributed by atoms with Gasteiger partial charge < -0.3 is 10.4 Å². The molecule has 0 aliphatic heterocycles. The second-order valence-electron chi connectivity index (χ2n) is 5.13. The summed E-state index contributed by atoms with van der Waals surface area (Å²) in [5.74, 6) is 0.484. The maximum atomic E-state index is 12.0. The first-order valence-electron chi connectivity index (χ1n) is 6.88. The van der Waals surface area contributed by atoms with Gasteiger partial charge in [0.25, 0.3) is 5.56 Å². The molecule has 2 atom stereocenters. The number of benzene rings is 1. The maximum Gasteiger partial charge on any atom is 0.283 e. The largest absolute Gasteiger partial charge is 0.394 e. The highest BCUT2D eigenvalue weighted by molar-refractivity contribution is 9.10. The molecule has 1 heterocycles. The average molecular weight is 350 g/mol. The Labute approximate surface area is 130 Å². The summed E-state index contributed by atoms with van der Waals surface area (Å²) in [5.41, 5.74) is 1.79. The van der Waals surface area contributed by atoms with Gasteiger partial charge in [0.05, 0.1) is 25.0 Å². The van der Waals surface area contributed by atoms with Crippen LogP contribution in [0, 0.1) is 0 Å². The SMILES string of the molecule is O=c1c(Br)c(NC2CC2c2ccccc2)cnn1CCO. The van der Waals surface area contributed by atoms with Crippen LogP contribution in [0.25, 0.3) is 0 Å². The van der Waals surface area contributed by atoms with Crippen molar-refractivity contribution in [1.82, 2.24) is 9.78 Å².